The molecular weight excluding hydrogens is 518 g/mol. The van der Waals surface area contributed by atoms with Gasteiger partial charge < -0.3 is 19.7 Å². The molecule has 1 unspecified atom stereocenters. The Kier molecular flexibility index (Phi) is 8.21. The number of aliphatic hydroxyl groups is 1. The highest BCUT2D eigenvalue weighted by atomic mass is 35.5. The number of benzene rings is 3. The van der Waals surface area contributed by atoms with Gasteiger partial charge in [0.15, 0.2) is 11.5 Å². The fraction of sp³-hybridized carbons (Fsp3) is 0.290. The highest BCUT2D eigenvalue weighted by Crippen LogP contribution is 2.45. The third-order valence-corrected chi connectivity index (χ3v) is 6.91. The molecule has 1 heterocycles. The van der Waals surface area contributed by atoms with E-state index in [1.54, 1.807) is 55.5 Å². The molecule has 0 saturated carbocycles. The highest BCUT2D eigenvalue weighted by molar-refractivity contribution is 6.52. The number of hydrogen-bond acceptors (Lipinski definition) is 6. The van der Waals surface area contributed by atoms with Crippen LogP contribution in [0.15, 0.2) is 60.2 Å². The number of carbonyl (C=O) groups is 2. The van der Waals surface area contributed by atoms with Crippen LogP contribution in [0, 0.1) is 6.92 Å². The Morgan fingerprint density at radius 1 is 0.974 bits per heavy atom. The number of halogens is 1. The summed E-state index contributed by atoms with van der Waals surface area (Å²) in [6.07, 6.45) is 0. The predicted octanol–water partition coefficient (Wildman–Crippen LogP) is 6.90. The van der Waals surface area contributed by atoms with Crippen LogP contribution in [-0.4, -0.2) is 35.1 Å². The van der Waals surface area contributed by atoms with Crippen LogP contribution in [0.3, 0.4) is 0 Å². The zero-order chi connectivity index (χ0) is 28.4. The van der Waals surface area contributed by atoms with Crippen LogP contribution in [0.1, 0.15) is 61.9 Å². The van der Waals surface area contributed by atoms with Gasteiger partial charge in [0.25, 0.3) is 11.7 Å². The van der Waals surface area contributed by atoms with Crippen molar-refractivity contribution in [3.8, 4) is 17.2 Å². The Morgan fingerprint density at radius 2 is 1.67 bits per heavy atom. The standard InChI is InChI=1S/C31H32ClNO6/c1-6-38-25-13-10-20(14-22(25)17(3)4)29(35)27-28(19-9-12-24(34)26(15-19)39-7-2)33(31(37)30(27)36)23-16-21(32)11-8-18(23)5/h8-17,28,34-35H,6-7H2,1-5H3/b29-27+. The van der Waals surface area contributed by atoms with Gasteiger partial charge in [-0.25, -0.2) is 0 Å². The topological polar surface area (TPSA) is 96.3 Å². The van der Waals surface area contributed by atoms with Gasteiger partial charge in [-0.1, -0.05) is 37.6 Å². The van der Waals surface area contributed by atoms with Gasteiger partial charge in [0.1, 0.15) is 11.5 Å². The lowest BCUT2D eigenvalue weighted by molar-refractivity contribution is -0.132. The molecular formula is C31H32ClNO6. The van der Waals surface area contributed by atoms with Crippen LogP contribution in [0.25, 0.3) is 5.76 Å². The number of ketones is 1. The second-order valence-electron chi connectivity index (χ2n) is 9.60. The van der Waals surface area contributed by atoms with E-state index in [2.05, 4.69) is 0 Å². The number of nitrogens with zero attached hydrogens (tertiary/aromatic N) is 1. The van der Waals surface area contributed by atoms with Gasteiger partial charge in [-0.3, -0.25) is 14.5 Å². The minimum absolute atomic E-state index is 0.0774. The van der Waals surface area contributed by atoms with Gasteiger partial charge >= 0.3 is 0 Å². The summed E-state index contributed by atoms with van der Waals surface area (Å²) in [6, 6.07) is 13.9. The number of Topliss-reactive ketones (excluding diaryl/α,β-unsaturated/α-hetero) is 1. The summed E-state index contributed by atoms with van der Waals surface area (Å²) in [5.74, 6) is -1.04. The van der Waals surface area contributed by atoms with Crippen LogP contribution >= 0.6 is 11.6 Å². The van der Waals surface area contributed by atoms with Crippen LogP contribution in [0.5, 0.6) is 17.2 Å². The molecule has 2 N–H and O–H groups in total. The first-order valence-electron chi connectivity index (χ1n) is 12.9. The van der Waals surface area contributed by atoms with Crippen molar-refractivity contribution >= 4 is 34.7 Å². The molecule has 1 saturated heterocycles. The molecule has 1 amide bonds. The molecule has 3 aromatic carbocycles. The number of aryl methyl sites for hydroxylation is 1. The fourth-order valence-electron chi connectivity index (χ4n) is 4.80. The van der Waals surface area contributed by atoms with Gasteiger partial charge in [0, 0.05) is 16.3 Å². The molecule has 0 aliphatic carbocycles. The number of aliphatic hydroxyl groups excluding tert-OH is 1. The molecule has 204 valence electrons. The fourth-order valence-corrected chi connectivity index (χ4v) is 4.97. The van der Waals surface area contributed by atoms with E-state index in [1.807, 2.05) is 27.7 Å². The lowest BCUT2D eigenvalue weighted by Gasteiger charge is -2.27. The summed E-state index contributed by atoms with van der Waals surface area (Å²) >= 11 is 6.29. The van der Waals surface area contributed by atoms with Crippen molar-refractivity contribution in [1.29, 1.82) is 0 Å². The van der Waals surface area contributed by atoms with E-state index in [0.717, 1.165) is 11.1 Å². The minimum atomic E-state index is -1.00. The Morgan fingerprint density at radius 3 is 2.33 bits per heavy atom. The molecule has 39 heavy (non-hydrogen) atoms. The first kappa shape index (κ1) is 28.0. The lowest BCUT2D eigenvalue weighted by Crippen LogP contribution is -2.30. The van der Waals surface area contributed by atoms with Gasteiger partial charge in [-0.05, 0) is 85.8 Å². The van der Waals surface area contributed by atoms with E-state index in [4.69, 9.17) is 21.1 Å². The van der Waals surface area contributed by atoms with Crippen molar-refractivity contribution in [2.75, 3.05) is 18.1 Å². The number of hydrogen-bond donors (Lipinski definition) is 2. The number of rotatable bonds is 8. The van der Waals surface area contributed by atoms with Crippen molar-refractivity contribution < 1.29 is 29.3 Å². The van der Waals surface area contributed by atoms with Gasteiger partial charge in [-0.2, -0.15) is 0 Å². The number of aromatic hydroxyl groups is 1. The van der Waals surface area contributed by atoms with E-state index < -0.39 is 17.7 Å². The summed E-state index contributed by atoms with van der Waals surface area (Å²) < 4.78 is 11.3. The monoisotopic (exact) mass is 549 g/mol. The zero-order valence-corrected chi connectivity index (χ0v) is 23.4. The molecule has 8 heteroatoms. The Bertz CT molecular complexity index is 1460. The molecule has 1 fully saturated rings. The number of phenols is 1. The maximum Gasteiger partial charge on any atom is 0.300 e. The van der Waals surface area contributed by atoms with Crippen molar-refractivity contribution in [1.82, 2.24) is 0 Å². The number of amides is 1. The minimum Gasteiger partial charge on any atom is -0.507 e. The van der Waals surface area contributed by atoms with Gasteiger partial charge in [0.05, 0.1) is 24.8 Å². The smallest absolute Gasteiger partial charge is 0.300 e. The molecule has 0 spiro atoms. The number of anilines is 1. The third kappa shape index (κ3) is 5.32. The molecule has 7 nitrogen and oxygen atoms in total. The summed E-state index contributed by atoms with van der Waals surface area (Å²) in [6.45, 7) is 10.3. The average Bonchev–Trinajstić information content (AvgIpc) is 3.16. The Labute approximate surface area is 233 Å². The van der Waals surface area contributed by atoms with E-state index >= 15 is 0 Å². The molecule has 3 aromatic rings. The molecule has 0 aromatic heterocycles. The molecule has 1 aliphatic rings. The second kappa shape index (κ2) is 11.4. The van der Waals surface area contributed by atoms with E-state index in [-0.39, 0.29) is 28.7 Å². The largest absolute Gasteiger partial charge is 0.507 e. The van der Waals surface area contributed by atoms with Crippen molar-refractivity contribution in [3.63, 3.8) is 0 Å². The average molecular weight is 550 g/mol. The Balaban J connectivity index is 1.99. The van der Waals surface area contributed by atoms with Crippen LogP contribution < -0.4 is 14.4 Å². The third-order valence-electron chi connectivity index (χ3n) is 6.68. The second-order valence-corrected chi connectivity index (χ2v) is 10.0. The molecule has 0 bridgehead atoms. The van der Waals surface area contributed by atoms with Crippen molar-refractivity contribution in [2.24, 2.45) is 0 Å². The SMILES string of the molecule is CCOc1cc(C2/C(=C(\O)c3ccc(OCC)c(C(C)C)c3)C(=O)C(=O)N2c2cc(Cl)ccc2C)ccc1O. The summed E-state index contributed by atoms with van der Waals surface area (Å²) in [7, 11) is 0. The molecule has 1 atom stereocenters. The zero-order valence-electron chi connectivity index (χ0n) is 22.6. The molecule has 0 radical (unpaired) electrons. The van der Waals surface area contributed by atoms with Crippen molar-refractivity contribution in [3.05, 3.63) is 87.4 Å². The maximum atomic E-state index is 13.6. The normalized spacial score (nSPS) is 16.7. The van der Waals surface area contributed by atoms with Gasteiger partial charge in [0.2, 0.25) is 0 Å². The highest BCUT2D eigenvalue weighted by Gasteiger charge is 2.47. The van der Waals surface area contributed by atoms with E-state index in [9.17, 15) is 19.8 Å². The van der Waals surface area contributed by atoms with Crippen LogP contribution in [0.4, 0.5) is 5.69 Å². The Hall–Kier alpha value is -3.97. The first-order chi connectivity index (χ1) is 18.6. The summed E-state index contributed by atoms with van der Waals surface area (Å²) in [5.41, 5.74) is 2.81. The summed E-state index contributed by atoms with van der Waals surface area (Å²) in [5, 5.41) is 22.3. The van der Waals surface area contributed by atoms with Crippen molar-refractivity contribution in [2.45, 2.75) is 46.6 Å². The quantitative estimate of drug-likeness (QED) is 0.180. The lowest BCUT2D eigenvalue weighted by atomic mass is 9.92. The van der Waals surface area contributed by atoms with E-state index in [0.29, 0.717) is 40.8 Å². The van der Waals surface area contributed by atoms with Gasteiger partial charge in [-0.15, -0.1) is 0 Å². The molecule has 4 rings (SSSR count). The van der Waals surface area contributed by atoms with Crippen LogP contribution in [0.2, 0.25) is 5.02 Å². The first-order valence-corrected chi connectivity index (χ1v) is 13.3. The predicted molar refractivity (Wildman–Crippen MR) is 152 cm³/mol. The number of ether oxygens (including phenoxy) is 2. The van der Waals surface area contributed by atoms with E-state index in [1.165, 1.54) is 11.0 Å². The maximum absolute atomic E-state index is 13.6. The number of carbonyl (C=O) groups excluding carboxylic acids is 2. The molecule has 1 aliphatic heterocycles. The van der Waals surface area contributed by atoms with Crippen LogP contribution in [-0.2, 0) is 9.59 Å². The number of phenolic OH excluding ortho intramolecular Hbond substituents is 1. The summed E-state index contributed by atoms with van der Waals surface area (Å²) in [4.78, 5) is 28.5.